The monoisotopic (exact) mass is 371 g/mol. The number of hydrogen-bond donors (Lipinski definition) is 0. The summed E-state index contributed by atoms with van der Waals surface area (Å²) in [7, 11) is 0. The number of hydrogen-bond acceptors (Lipinski definition) is 7. The normalized spacial score (nSPS) is 15.7. The lowest BCUT2D eigenvalue weighted by Crippen LogP contribution is -2.31. The Morgan fingerprint density at radius 3 is 2.89 bits per heavy atom. The van der Waals surface area contributed by atoms with Crippen LogP contribution >= 0.6 is 0 Å². The van der Waals surface area contributed by atoms with E-state index in [1.54, 1.807) is 29.0 Å². The first-order chi connectivity index (χ1) is 13.1. The van der Waals surface area contributed by atoms with E-state index in [0.717, 1.165) is 11.8 Å². The maximum atomic E-state index is 12.9. The van der Waals surface area contributed by atoms with Gasteiger partial charge in [-0.05, 0) is 23.1 Å². The van der Waals surface area contributed by atoms with E-state index in [1.807, 2.05) is 0 Å². The summed E-state index contributed by atoms with van der Waals surface area (Å²) in [6.45, 7) is 0.800. The average molecular weight is 371 g/mol. The Labute approximate surface area is 152 Å². The zero-order valence-electron chi connectivity index (χ0n) is 14.0. The van der Waals surface area contributed by atoms with Gasteiger partial charge >= 0.3 is 11.8 Å². The molecule has 4 rings (SSSR count). The molecule has 4 heterocycles. The topological polar surface area (TPSA) is 105 Å². The minimum absolute atomic E-state index is 0.215. The van der Waals surface area contributed by atoms with E-state index in [1.165, 1.54) is 12.3 Å². The standard InChI is InChI=1S/C17H14FN5O4/c18-12-2-3-14(19-8-12)11-1-4-16(20-7-11)26-10-13-5-6-22-9-15(23(24)25)21-17(22)27-13/h1-4,7-9,13H,5-6,10H2. The molecule has 9 nitrogen and oxygen atoms in total. The molecule has 1 aliphatic rings. The molecule has 0 aromatic carbocycles. The second-order valence-corrected chi connectivity index (χ2v) is 5.92. The van der Waals surface area contributed by atoms with Crippen molar-refractivity contribution in [3.8, 4) is 23.1 Å². The first-order valence-corrected chi connectivity index (χ1v) is 8.17. The largest absolute Gasteiger partial charge is 0.474 e. The smallest absolute Gasteiger partial charge is 0.414 e. The van der Waals surface area contributed by atoms with Crippen LogP contribution in [0.25, 0.3) is 11.3 Å². The van der Waals surface area contributed by atoms with Crippen molar-refractivity contribution in [2.45, 2.75) is 19.1 Å². The van der Waals surface area contributed by atoms with Crippen LogP contribution in [0.5, 0.6) is 11.9 Å². The molecule has 3 aromatic heterocycles. The van der Waals surface area contributed by atoms with Crippen LogP contribution in [0.15, 0.2) is 42.9 Å². The Bertz CT molecular complexity index is 958. The summed E-state index contributed by atoms with van der Waals surface area (Å²) in [5.41, 5.74) is 1.35. The number of nitro groups is 1. The SMILES string of the molecule is O=[N+]([O-])c1cn2c(n1)OC(COc1ccc(-c3ccc(F)cn3)cn1)CC2. The van der Waals surface area contributed by atoms with Gasteiger partial charge in [0.2, 0.25) is 5.88 Å². The number of rotatable bonds is 5. The molecular formula is C17H14FN5O4. The molecule has 27 heavy (non-hydrogen) atoms. The Hall–Kier alpha value is -3.56. The van der Waals surface area contributed by atoms with Gasteiger partial charge in [0.15, 0.2) is 0 Å². The van der Waals surface area contributed by atoms with Gasteiger partial charge in [0.1, 0.15) is 24.7 Å². The molecule has 0 spiro atoms. The highest BCUT2D eigenvalue weighted by atomic mass is 19.1. The average Bonchev–Trinajstić information content (AvgIpc) is 3.11. The molecule has 1 atom stereocenters. The third kappa shape index (κ3) is 3.68. The number of pyridine rings is 2. The molecule has 0 radical (unpaired) electrons. The Balaban J connectivity index is 1.36. The number of imidazole rings is 1. The van der Waals surface area contributed by atoms with E-state index < -0.39 is 10.7 Å². The first kappa shape index (κ1) is 16.9. The number of ether oxygens (including phenoxy) is 2. The number of aryl methyl sites for hydroxylation is 1. The van der Waals surface area contributed by atoms with Gasteiger partial charge in [0, 0.05) is 35.8 Å². The van der Waals surface area contributed by atoms with Gasteiger partial charge in [-0.15, -0.1) is 0 Å². The first-order valence-electron chi connectivity index (χ1n) is 8.17. The van der Waals surface area contributed by atoms with E-state index in [4.69, 9.17) is 9.47 Å². The van der Waals surface area contributed by atoms with E-state index in [2.05, 4.69) is 15.0 Å². The molecule has 0 fully saturated rings. The van der Waals surface area contributed by atoms with Crippen LogP contribution in [0.3, 0.4) is 0 Å². The lowest BCUT2D eigenvalue weighted by atomic mass is 10.2. The van der Waals surface area contributed by atoms with E-state index in [0.29, 0.717) is 24.5 Å². The fourth-order valence-corrected chi connectivity index (χ4v) is 2.68. The van der Waals surface area contributed by atoms with Crippen molar-refractivity contribution in [1.29, 1.82) is 0 Å². The molecule has 0 aliphatic carbocycles. The number of fused-ring (bicyclic) bond motifs is 1. The van der Waals surface area contributed by atoms with Crippen molar-refractivity contribution in [1.82, 2.24) is 19.5 Å². The molecule has 0 saturated heterocycles. The number of halogens is 1. The summed E-state index contributed by atoms with van der Waals surface area (Å²) in [6.07, 6.45) is 4.45. The zero-order valence-corrected chi connectivity index (χ0v) is 14.0. The number of aromatic nitrogens is 4. The van der Waals surface area contributed by atoms with Crippen LogP contribution < -0.4 is 9.47 Å². The predicted molar refractivity (Wildman–Crippen MR) is 90.8 cm³/mol. The van der Waals surface area contributed by atoms with Crippen molar-refractivity contribution < 1.29 is 18.8 Å². The zero-order chi connectivity index (χ0) is 18.8. The highest BCUT2D eigenvalue weighted by molar-refractivity contribution is 5.57. The third-order valence-electron chi connectivity index (χ3n) is 4.05. The molecule has 3 aromatic rings. The predicted octanol–water partition coefficient (Wildman–Crippen LogP) is 2.62. The minimum Gasteiger partial charge on any atom is -0.474 e. The van der Waals surface area contributed by atoms with Crippen molar-refractivity contribution in [3.05, 3.63) is 58.8 Å². The molecule has 0 saturated carbocycles. The quantitative estimate of drug-likeness (QED) is 0.501. The molecule has 10 heteroatoms. The van der Waals surface area contributed by atoms with Crippen LogP contribution in [-0.4, -0.2) is 37.2 Å². The lowest BCUT2D eigenvalue weighted by molar-refractivity contribution is -0.389. The molecule has 0 N–H and O–H groups in total. The maximum Gasteiger partial charge on any atom is 0.414 e. The van der Waals surface area contributed by atoms with Crippen LogP contribution in [-0.2, 0) is 6.54 Å². The minimum atomic E-state index is -0.554. The summed E-state index contributed by atoms with van der Waals surface area (Å²) < 4.78 is 25.8. The van der Waals surface area contributed by atoms with Crippen molar-refractivity contribution in [2.75, 3.05) is 6.61 Å². The summed E-state index contributed by atoms with van der Waals surface area (Å²) >= 11 is 0. The summed E-state index contributed by atoms with van der Waals surface area (Å²) in [6, 6.07) is 6.59. The second-order valence-electron chi connectivity index (χ2n) is 5.92. The lowest BCUT2D eigenvalue weighted by Gasteiger charge is -2.21. The fourth-order valence-electron chi connectivity index (χ4n) is 2.68. The van der Waals surface area contributed by atoms with Gasteiger partial charge in [-0.1, -0.05) is 0 Å². The van der Waals surface area contributed by atoms with Crippen LogP contribution in [0.2, 0.25) is 0 Å². The highest BCUT2D eigenvalue weighted by Gasteiger charge is 2.28. The van der Waals surface area contributed by atoms with Gasteiger partial charge < -0.3 is 19.6 Å². The third-order valence-corrected chi connectivity index (χ3v) is 4.05. The summed E-state index contributed by atoms with van der Waals surface area (Å²) in [5.74, 6) is -0.229. The fraction of sp³-hybridized carbons (Fsp3) is 0.235. The van der Waals surface area contributed by atoms with E-state index in [-0.39, 0.29) is 24.5 Å². The van der Waals surface area contributed by atoms with Gasteiger partial charge in [-0.2, -0.15) is 0 Å². The van der Waals surface area contributed by atoms with Crippen LogP contribution in [0.1, 0.15) is 6.42 Å². The molecule has 138 valence electrons. The Morgan fingerprint density at radius 2 is 2.19 bits per heavy atom. The molecular weight excluding hydrogens is 357 g/mol. The van der Waals surface area contributed by atoms with E-state index >= 15 is 0 Å². The van der Waals surface area contributed by atoms with Crippen molar-refractivity contribution in [3.63, 3.8) is 0 Å². The van der Waals surface area contributed by atoms with E-state index in [9.17, 15) is 14.5 Å². The molecule has 1 unspecified atom stereocenters. The van der Waals surface area contributed by atoms with Crippen LogP contribution in [0, 0.1) is 15.9 Å². The second kappa shape index (κ2) is 6.98. The Morgan fingerprint density at radius 1 is 1.30 bits per heavy atom. The van der Waals surface area contributed by atoms with Gasteiger partial charge in [-0.25, -0.2) is 9.37 Å². The maximum absolute atomic E-state index is 12.9. The molecule has 0 bridgehead atoms. The van der Waals surface area contributed by atoms with Crippen LogP contribution in [0.4, 0.5) is 10.2 Å². The summed E-state index contributed by atoms with van der Waals surface area (Å²) in [5, 5.41) is 10.8. The molecule has 1 aliphatic heterocycles. The van der Waals surface area contributed by atoms with Gasteiger partial charge in [0.25, 0.3) is 0 Å². The highest BCUT2D eigenvalue weighted by Crippen LogP contribution is 2.24. The molecule has 0 amide bonds. The van der Waals surface area contributed by atoms with Crippen molar-refractivity contribution >= 4 is 5.82 Å². The Kier molecular flexibility index (Phi) is 4.37. The number of nitrogens with zero attached hydrogens (tertiary/aromatic N) is 5. The van der Waals surface area contributed by atoms with Crippen molar-refractivity contribution in [2.24, 2.45) is 0 Å². The van der Waals surface area contributed by atoms with Gasteiger partial charge in [0.05, 0.1) is 11.9 Å². The van der Waals surface area contributed by atoms with Gasteiger partial charge in [-0.3, -0.25) is 9.55 Å². The summed E-state index contributed by atoms with van der Waals surface area (Å²) in [4.78, 5) is 22.3.